The molecule has 0 saturated carbocycles. The predicted octanol–water partition coefficient (Wildman–Crippen LogP) is 3.53. The predicted molar refractivity (Wildman–Crippen MR) is 81.2 cm³/mol. The first-order valence-electron chi connectivity index (χ1n) is 6.76. The number of ether oxygens (including phenoxy) is 2. The van der Waals surface area contributed by atoms with Crippen molar-refractivity contribution in [1.29, 1.82) is 0 Å². The summed E-state index contributed by atoms with van der Waals surface area (Å²) in [6, 6.07) is 15.5. The van der Waals surface area contributed by atoms with Crippen molar-refractivity contribution in [1.82, 2.24) is 0 Å². The molecule has 3 heteroatoms. The Labute approximate surface area is 120 Å². The zero-order valence-corrected chi connectivity index (χ0v) is 12.2. The minimum atomic E-state index is -0.194. The quantitative estimate of drug-likeness (QED) is 0.904. The average Bonchev–Trinajstić information content (AvgIpc) is 2.46. The summed E-state index contributed by atoms with van der Waals surface area (Å²) in [6.45, 7) is 4.02. The molecular weight excluding hydrogens is 250 g/mol. The standard InChI is InChI=1S/C17H21NO2/c1-12(2)20-16-9-5-7-14(11-16)17(18)13-6-4-8-15(10-13)19-3/h4-12,17H,18H2,1-3H3. The van der Waals surface area contributed by atoms with E-state index in [0.717, 1.165) is 22.6 Å². The highest BCUT2D eigenvalue weighted by atomic mass is 16.5. The lowest BCUT2D eigenvalue weighted by Gasteiger charge is -2.16. The number of rotatable bonds is 5. The molecule has 106 valence electrons. The van der Waals surface area contributed by atoms with Gasteiger partial charge in [-0.05, 0) is 49.2 Å². The van der Waals surface area contributed by atoms with E-state index in [2.05, 4.69) is 0 Å². The molecule has 2 rings (SSSR count). The highest BCUT2D eigenvalue weighted by Gasteiger charge is 2.11. The van der Waals surface area contributed by atoms with Crippen LogP contribution in [-0.2, 0) is 0 Å². The van der Waals surface area contributed by atoms with Gasteiger partial charge >= 0.3 is 0 Å². The molecule has 0 bridgehead atoms. The summed E-state index contributed by atoms with van der Waals surface area (Å²) in [6.07, 6.45) is 0.151. The van der Waals surface area contributed by atoms with Crippen molar-refractivity contribution in [2.24, 2.45) is 5.73 Å². The first kappa shape index (κ1) is 14.4. The van der Waals surface area contributed by atoms with Crippen LogP contribution in [0.4, 0.5) is 0 Å². The van der Waals surface area contributed by atoms with E-state index in [0.29, 0.717) is 0 Å². The Balaban J connectivity index is 2.25. The highest BCUT2D eigenvalue weighted by molar-refractivity contribution is 5.39. The van der Waals surface area contributed by atoms with Gasteiger partial charge in [-0.15, -0.1) is 0 Å². The number of benzene rings is 2. The smallest absolute Gasteiger partial charge is 0.120 e. The van der Waals surface area contributed by atoms with E-state index in [1.165, 1.54) is 0 Å². The van der Waals surface area contributed by atoms with E-state index in [-0.39, 0.29) is 12.1 Å². The van der Waals surface area contributed by atoms with Crippen LogP contribution in [0.1, 0.15) is 31.0 Å². The maximum atomic E-state index is 6.33. The van der Waals surface area contributed by atoms with Crippen LogP contribution in [0.25, 0.3) is 0 Å². The van der Waals surface area contributed by atoms with Gasteiger partial charge in [0, 0.05) is 0 Å². The lowest BCUT2D eigenvalue weighted by molar-refractivity contribution is 0.242. The van der Waals surface area contributed by atoms with Crippen molar-refractivity contribution in [3.8, 4) is 11.5 Å². The molecule has 1 atom stereocenters. The van der Waals surface area contributed by atoms with Crippen molar-refractivity contribution in [2.45, 2.75) is 26.0 Å². The lowest BCUT2D eigenvalue weighted by Crippen LogP contribution is -2.12. The van der Waals surface area contributed by atoms with Gasteiger partial charge in [0.05, 0.1) is 19.3 Å². The van der Waals surface area contributed by atoms with E-state index in [9.17, 15) is 0 Å². The topological polar surface area (TPSA) is 44.5 Å². The van der Waals surface area contributed by atoms with E-state index in [1.807, 2.05) is 62.4 Å². The molecule has 0 spiro atoms. The molecule has 0 radical (unpaired) electrons. The molecule has 0 aliphatic carbocycles. The van der Waals surface area contributed by atoms with Crippen molar-refractivity contribution in [3.05, 3.63) is 59.7 Å². The fourth-order valence-electron chi connectivity index (χ4n) is 2.08. The zero-order valence-electron chi connectivity index (χ0n) is 12.2. The zero-order chi connectivity index (χ0) is 14.5. The van der Waals surface area contributed by atoms with Crippen LogP contribution in [-0.4, -0.2) is 13.2 Å². The molecule has 0 aromatic heterocycles. The van der Waals surface area contributed by atoms with E-state index >= 15 is 0 Å². The van der Waals surface area contributed by atoms with Gasteiger partial charge in [0.1, 0.15) is 11.5 Å². The molecule has 1 unspecified atom stereocenters. The third kappa shape index (κ3) is 3.52. The van der Waals surface area contributed by atoms with Crippen LogP contribution in [0.15, 0.2) is 48.5 Å². The first-order valence-corrected chi connectivity index (χ1v) is 6.76. The van der Waals surface area contributed by atoms with Crippen LogP contribution in [0, 0.1) is 0 Å². The van der Waals surface area contributed by atoms with Gasteiger partial charge in [-0.2, -0.15) is 0 Å². The maximum absolute atomic E-state index is 6.33. The Morgan fingerprint density at radius 3 is 2.00 bits per heavy atom. The van der Waals surface area contributed by atoms with E-state index in [4.69, 9.17) is 15.2 Å². The Hall–Kier alpha value is -2.00. The van der Waals surface area contributed by atoms with Gasteiger partial charge in [0.15, 0.2) is 0 Å². The number of hydrogen-bond donors (Lipinski definition) is 1. The molecule has 2 aromatic rings. The van der Waals surface area contributed by atoms with Crippen LogP contribution >= 0.6 is 0 Å². The molecular formula is C17H21NO2. The molecule has 0 saturated heterocycles. The van der Waals surface area contributed by atoms with Crippen LogP contribution in [0.2, 0.25) is 0 Å². The summed E-state index contributed by atoms with van der Waals surface area (Å²) in [4.78, 5) is 0. The van der Waals surface area contributed by atoms with Crippen LogP contribution in [0.3, 0.4) is 0 Å². The normalized spacial score (nSPS) is 12.2. The number of nitrogens with two attached hydrogens (primary N) is 1. The monoisotopic (exact) mass is 271 g/mol. The molecule has 0 aliphatic rings. The maximum Gasteiger partial charge on any atom is 0.120 e. The van der Waals surface area contributed by atoms with Crippen LogP contribution < -0.4 is 15.2 Å². The van der Waals surface area contributed by atoms with Crippen molar-refractivity contribution in [3.63, 3.8) is 0 Å². The Morgan fingerprint density at radius 1 is 0.900 bits per heavy atom. The molecule has 20 heavy (non-hydrogen) atoms. The van der Waals surface area contributed by atoms with E-state index in [1.54, 1.807) is 7.11 Å². The molecule has 0 heterocycles. The molecule has 0 fully saturated rings. The SMILES string of the molecule is COc1cccc(C(N)c2cccc(OC(C)C)c2)c1. The second kappa shape index (κ2) is 6.44. The fraction of sp³-hybridized carbons (Fsp3) is 0.294. The van der Waals surface area contributed by atoms with Crippen LogP contribution in [0.5, 0.6) is 11.5 Å². The Morgan fingerprint density at radius 2 is 1.45 bits per heavy atom. The van der Waals surface area contributed by atoms with Gasteiger partial charge in [-0.1, -0.05) is 24.3 Å². The summed E-state index contributed by atoms with van der Waals surface area (Å²) in [7, 11) is 1.65. The number of methoxy groups -OCH3 is 1. The largest absolute Gasteiger partial charge is 0.497 e. The molecule has 0 amide bonds. The molecule has 2 aromatic carbocycles. The summed E-state index contributed by atoms with van der Waals surface area (Å²) in [5.74, 6) is 1.66. The second-order valence-electron chi connectivity index (χ2n) is 4.99. The average molecular weight is 271 g/mol. The lowest BCUT2D eigenvalue weighted by atomic mass is 9.99. The summed E-state index contributed by atoms with van der Waals surface area (Å²) >= 11 is 0. The first-order chi connectivity index (χ1) is 9.60. The molecule has 3 nitrogen and oxygen atoms in total. The van der Waals surface area contributed by atoms with Crippen molar-refractivity contribution < 1.29 is 9.47 Å². The van der Waals surface area contributed by atoms with Gasteiger partial charge in [-0.3, -0.25) is 0 Å². The Kier molecular flexibility index (Phi) is 4.64. The van der Waals surface area contributed by atoms with Gasteiger partial charge in [0.25, 0.3) is 0 Å². The van der Waals surface area contributed by atoms with E-state index < -0.39 is 0 Å². The molecule has 2 N–H and O–H groups in total. The third-order valence-electron chi connectivity index (χ3n) is 3.04. The second-order valence-corrected chi connectivity index (χ2v) is 4.99. The van der Waals surface area contributed by atoms with Gasteiger partial charge in [0.2, 0.25) is 0 Å². The summed E-state index contributed by atoms with van der Waals surface area (Å²) < 4.78 is 10.9. The summed E-state index contributed by atoms with van der Waals surface area (Å²) in [5.41, 5.74) is 8.37. The van der Waals surface area contributed by atoms with Gasteiger partial charge < -0.3 is 15.2 Å². The Bertz CT molecular complexity index is 566. The summed E-state index contributed by atoms with van der Waals surface area (Å²) in [5, 5.41) is 0. The van der Waals surface area contributed by atoms with Crippen molar-refractivity contribution >= 4 is 0 Å². The highest BCUT2D eigenvalue weighted by Crippen LogP contribution is 2.26. The minimum Gasteiger partial charge on any atom is -0.497 e. The minimum absolute atomic E-state index is 0.151. The van der Waals surface area contributed by atoms with Gasteiger partial charge in [-0.25, -0.2) is 0 Å². The van der Waals surface area contributed by atoms with Crippen molar-refractivity contribution in [2.75, 3.05) is 7.11 Å². The third-order valence-corrected chi connectivity index (χ3v) is 3.04. The molecule has 0 aliphatic heterocycles. The number of hydrogen-bond acceptors (Lipinski definition) is 3. The fourth-order valence-corrected chi connectivity index (χ4v) is 2.08.